The van der Waals surface area contributed by atoms with Gasteiger partial charge in [0.25, 0.3) is 0 Å². The zero-order chi connectivity index (χ0) is 21.1. The molecule has 0 spiro atoms. The maximum atomic E-state index is 12.8. The van der Waals surface area contributed by atoms with Gasteiger partial charge in [-0.15, -0.1) is 6.58 Å². The summed E-state index contributed by atoms with van der Waals surface area (Å²) in [6.45, 7) is 6.53. The van der Waals surface area contributed by atoms with Crippen LogP contribution in [0.25, 0.3) is 21.2 Å². The summed E-state index contributed by atoms with van der Waals surface area (Å²) in [6, 6.07) is 14.4. The van der Waals surface area contributed by atoms with E-state index >= 15 is 0 Å². The lowest BCUT2D eigenvalue weighted by Gasteiger charge is -2.03. The van der Waals surface area contributed by atoms with Crippen LogP contribution >= 0.6 is 11.3 Å². The van der Waals surface area contributed by atoms with Crippen LogP contribution in [0.2, 0.25) is 0 Å². The Kier molecular flexibility index (Phi) is 5.77. The highest BCUT2D eigenvalue weighted by molar-refractivity contribution is 7.16. The first-order valence-corrected chi connectivity index (χ1v) is 10.8. The molecule has 0 aliphatic heterocycles. The van der Waals surface area contributed by atoms with Gasteiger partial charge in [0.15, 0.2) is 16.0 Å². The summed E-state index contributed by atoms with van der Waals surface area (Å²) >= 11 is 1.45. The van der Waals surface area contributed by atoms with Crippen LogP contribution in [-0.4, -0.2) is 10.5 Å². The Bertz CT molecular complexity index is 1370. The van der Waals surface area contributed by atoms with E-state index in [-0.39, 0.29) is 11.2 Å². The molecule has 0 atom stereocenters. The summed E-state index contributed by atoms with van der Waals surface area (Å²) in [7, 11) is 0. The molecule has 0 saturated carbocycles. The average Bonchev–Trinajstić information content (AvgIpc) is 3.08. The van der Waals surface area contributed by atoms with Crippen molar-refractivity contribution in [1.82, 2.24) is 4.57 Å². The average molecular weight is 419 g/mol. The van der Waals surface area contributed by atoms with Crippen LogP contribution in [0.4, 0.5) is 0 Å². The summed E-state index contributed by atoms with van der Waals surface area (Å²) in [5.74, 6) is -0.640. The van der Waals surface area contributed by atoms with Crippen molar-refractivity contribution in [3.05, 3.63) is 87.5 Å². The second-order valence-electron chi connectivity index (χ2n) is 7.08. The number of hydrogen-bond acceptors (Lipinski definition) is 4. The first kappa shape index (κ1) is 20.0. The van der Waals surface area contributed by atoms with E-state index in [2.05, 4.69) is 36.7 Å². The van der Waals surface area contributed by atoms with Crippen LogP contribution < -0.4 is 10.2 Å². The van der Waals surface area contributed by atoms with Gasteiger partial charge >= 0.3 is 5.91 Å². The van der Waals surface area contributed by atoms with Crippen molar-refractivity contribution in [2.24, 2.45) is 4.99 Å². The van der Waals surface area contributed by atoms with Crippen LogP contribution in [-0.2, 0) is 13.0 Å². The van der Waals surface area contributed by atoms with Gasteiger partial charge in [0.2, 0.25) is 0 Å². The molecule has 2 aromatic carbocycles. The number of amides is 1. The first-order valence-electron chi connectivity index (χ1n) is 9.96. The smallest absolute Gasteiger partial charge is 0.315 e. The fourth-order valence-corrected chi connectivity index (χ4v) is 4.50. The molecule has 1 amide bonds. The summed E-state index contributed by atoms with van der Waals surface area (Å²) in [5.41, 5.74) is 2.40. The minimum Gasteiger partial charge on any atom is -0.451 e. The van der Waals surface area contributed by atoms with Gasteiger partial charge in [-0.2, -0.15) is 4.99 Å². The van der Waals surface area contributed by atoms with E-state index in [1.165, 1.54) is 23.0 Å². The van der Waals surface area contributed by atoms with E-state index < -0.39 is 5.91 Å². The highest BCUT2D eigenvalue weighted by Crippen LogP contribution is 2.21. The summed E-state index contributed by atoms with van der Waals surface area (Å²) < 4.78 is 8.66. The van der Waals surface area contributed by atoms with Crippen LogP contribution in [0.15, 0.2) is 75.4 Å². The summed E-state index contributed by atoms with van der Waals surface area (Å²) in [5, 5.41) is 0.442. The van der Waals surface area contributed by atoms with E-state index in [0.717, 1.165) is 29.5 Å². The van der Waals surface area contributed by atoms with Crippen molar-refractivity contribution in [3.8, 4) is 0 Å². The predicted molar refractivity (Wildman–Crippen MR) is 121 cm³/mol. The number of rotatable bonds is 6. The molecule has 30 heavy (non-hydrogen) atoms. The molecule has 5 nitrogen and oxygen atoms in total. The quantitative estimate of drug-likeness (QED) is 0.410. The Labute approximate surface area is 177 Å². The molecule has 4 aromatic rings. The molecule has 0 N–H and O–H groups in total. The lowest BCUT2D eigenvalue weighted by atomic mass is 10.1. The highest BCUT2D eigenvalue weighted by atomic mass is 32.1. The van der Waals surface area contributed by atoms with E-state index in [0.29, 0.717) is 22.3 Å². The number of benzene rings is 2. The maximum absolute atomic E-state index is 12.8. The summed E-state index contributed by atoms with van der Waals surface area (Å²) in [4.78, 5) is 30.0. The zero-order valence-electron chi connectivity index (χ0n) is 16.8. The molecule has 0 saturated heterocycles. The van der Waals surface area contributed by atoms with Gasteiger partial charge in [0.05, 0.1) is 15.6 Å². The first-order chi connectivity index (χ1) is 14.6. The van der Waals surface area contributed by atoms with E-state index in [9.17, 15) is 9.59 Å². The minimum absolute atomic E-state index is 0.0649. The van der Waals surface area contributed by atoms with E-state index in [4.69, 9.17) is 4.42 Å². The number of aryl methyl sites for hydroxylation is 1. The SMILES string of the molecule is C=CCn1c(=NC(=O)c2cc(=O)c3ccccc3o2)sc2cc(CCCC)ccc21. The van der Waals surface area contributed by atoms with Gasteiger partial charge in [-0.05, 0) is 42.7 Å². The molecule has 2 heterocycles. The van der Waals surface area contributed by atoms with Gasteiger partial charge in [-0.3, -0.25) is 9.59 Å². The third-order valence-electron chi connectivity index (χ3n) is 4.92. The van der Waals surface area contributed by atoms with Crippen LogP contribution in [0.5, 0.6) is 0 Å². The largest absolute Gasteiger partial charge is 0.451 e. The third-order valence-corrected chi connectivity index (χ3v) is 5.96. The van der Waals surface area contributed by atoms with Gasteiger partial charge in [0, 0.05) is 12.6 Å². The van der Waals surface area contributed by atoms with Crippen LogP contribution in [0.1, 0.15) is 35.9 Å². The Hall–Kier alpha value is -3.25. The standard InChI is InChI=1S/C24H22N2O3S/c1-3-5-8-16-11-12-18-22(14-16)30-24(26(18)13-4-2)25-23(28)21-15-19(27)17-9-6-7-10-20(17)29-21/h4,6-7,9-12,14-15H,2-3,5,8,13H2,1H3. The van der Waals surface area contributed by atoms with Crippen molar-refractivity contribution in [3.63, 3.8) is 0 Å². The number of para-hydroxylation sites is 1. The molecular formula is C24H22N2O3S. The molecule has 0 unspecified atom stereocenters. The van der Waals surface area contributed by atoms with E-state index in [1.54, 1.807) is 30.3 Å². The fourth-order valence-electron chi connectivity index (χ4n) is 3.40. The molecule has 152 valence electrons. The Balaban J connectivity index is 1.80. The number of allylic oxidation sites excluding steroid dienone is 1. The molecule has 0 aliphatic carbocycles. The van der Waals surface area contributed by atoms with Gasteiger partial charge < -0.3 is 8.98 Å². The van der Waals surface area contributed by atoms with Crippen molar-refractivity contribution in [2.75, 3.05) is 0 Å². The normalized spacial score (nSPS) is 12.0. The zero-order valence-corrected chi connectivity index (χ0v) is 17.6. The summed E-state index contributed by atoms with van der Waals surface area (Å²) in [6.07, 6.45) is 5.08. The molecule has 0 radical (unpaired) electrons. The molecule has 0 aliphatic rings. The molecule has 2 aromatic heterocycles. The van der Waals surface area contributed by atoms with Gasteiger partial charge in [-0.25, -0.2) is 0 Å². The topological polar surface area (TPSA) is 64.6 Å². The Morgan fingerprint density at radius 1 is 1.23 bits per heavy atom. The number of carbonyl (C=O) groups excluding carboxylic acids is 1. The maximum Gasteiger partial charge on any atom is 0.315 e. The van der Waals surface area contributed by atoms with Gasteiger partial charge in [0.1, 0.15) is 5.58 Å². The number of fused-ring (bicyclic) bond motifs is 2. The molecular weight excluding hydrogens is 396 g/mol. The van der Waals surface area contributed by atoms with Crippen molar-refractivity contribution in [1.29, 1.82) is 0 Å². The molecule has 6 heteroatoms. The number of nitrogens with zero attached hydrogens (tertiary/aromatic N) is 2. The lowest BCUT2D eigenvalue weighted by Crippen LogP contribution is -2.17. The molecule has 0 fully saturated rings. The third kappa shape index (κ3) is 3.91. The lowest BCUT2D eigenvalue weighted by molar-refractivity contribution is 0.0972. The second kappa shape index (κ2) is 8.63. The molecule has 4 rings (SSSR count). The highest BCUT2D eigenvalue weighted by Gasteiger charge is 2.13. The Morgan fingerprint density at radius 3 is 2.87 bits per heavy atom. The predicted octanol–water partition coefficient (Wildman–Crippen LogP) is 5.08. The fraction of sp³-hybridized carbons (Fsp3) is 0.208. The number of aromatic nitrogens is 1. The number of thiazole rings is 1. The van der Waals surface area contributed by atoms with E-state index in [1.807, 2.05) is 4.57 Å². The number of unbranched alkanes of at least 4 members (excludes halogenated alkanes) is 1. The Morgan fingerprint density at radius 2 is 2.07 bits per heavy atom. The van der Waals surface area contributed by atoms with Crippen LogP contribution in [0.3, 0.4) is 0 Å². The number of carbonyl (C=O) groups is 1. The van der Waals surface area contributed by atoms with Crippen LogP contribution in [0, 0.1) is 0 Å². The second-order valence-corrected chi connectivity index (χ2v) is 8.09. The van der Waals surface area contributed by atoms with Crippen molar-refractivity contribution >= 4 is 38.4 Å². The molecule has 0 bridgehead atoms. The number of hydrogen-bond donors (Lipinski definition) is 0. The van der Waals surface area contributed by atoms with Gasteiger partial charge in [-0.1, -0.05) is 49.0 Å². The monoisotopic (exact) mass is 418 g/mol. The van der Waals surface area contributed by atoms with Crippen molar-refractivity contribution < 1.29 is 9.21 Å². The van der Waals surface area contributed by atoms with Crippen molar-refractivity contribution in [2.45, 2.75) is 32.7 Å². The minimum atomic E-state index is -0.576.